The zero-order valence-corrected chi connectivity index (χ0v) is 15.5. The number of ether oxygens (including phenoxy) is 1. The average molecular weight is 427 g/mol. The Hall–Kier alpha value is -3.18. The van der Waals surface area contributed by atoms with Crippen molar-refractivity contribution in [2.75, 3.05) is 19.0 Å². The maximum atomic E-state index is 14.1. The molecule has 2 heterocycles. The predicted molar refractivity (Wildman–Crippen MR) is 99.8 cm³/mol. The summed E-state index contributed by atoms with van der Waals surface area (Å²) in [6.45, 7) is -1.68. The lowest BCUT2D eigenvalue weighted by Crippen LogP contribution is -2.55. The van der Waals surface area contributed by atoms with Crippen LogP contribution in [-0.2, 0) is 0 Å². The number of hydrogen-bond donors (Lipinski definition) is 4. The molecule has 4 N–H and O–H groups in total. The van der Waals surface area contributed by atoms with Crippen LogP contribution < -0.4 is 15.6 Å². The highest BCUT2D eigenvalue weighted by Gasteiger charge is 2.59. The standard InChI is InChI=1S/C19H17F4N3O4/c1-30-16-6-10(4-5-24-16)17(18(29,9-27)19(21,22)23)26-14-8-11(20)7-13-12(14)2-3-15(28)25-13/h2-8,17,26-27,29H,9H2,1H3,(H,25,28). The van der Waals surface area contributed by atoms with Gasteiger partial charge >= 0.3 is 6.18 Å². The Kier molecular flexibility index (Phi) is 5.68. The van der Waals surface area contributed by atoms with Crippen molar-refractivity contribution in [2.24, 2.45) is 0 Å². The number of aliphatic hydroxyl groups excluding tert-OH is 1. The Morgan fingerprint density at radius 1 is 1.23 bits per heavy atom. The first-order valence-electron chi connectivity index (χ1n) is 8.58. The zero-order chi connectivity index (χ0) is 22.1. The van der Waals surface area contributed by atoms with Gasteiger partial charge in [0.15, 0.2) is 0 Å². The summed E-state index contributed by atoms with van der Waals surface area (Å²) >= 11 is 0. The number of rotatable bonds is 6. The number of alkyl halides is 3. The summed E-state index contributed by atoms with van der Waals surface area (Å²) in [6.07, 6.45) is -4.09. The Morgan fingerprint density at radius 3 is 2.60 bits per heavy atom. The molecule has 2 atom stereocenters. The average Bonchev–Trinajstić information content (AvgIpc) is 2.70. The number of fused-ring (bicyclic) bond motifs is 1. The molecular formula is C19H17F4N3O4. The van der Waals surface area contributed by atoms with E-state index in [4.69, 9.17) is 4.74 Å². The molecule has 0 radical (unpaired) electrons. The van der Waals surface area contributed by atoms with Gasteiger partial charge in [-0.05, 0) is 29.8 Å². The molecule has 11 heteroatoms. The first kappa shape index (κ1) is 21.5. The number of aliphatic hydroxyl groups is 2. The number of methoxy groups -OCH3 is 1. The maximum absolute atomic E-state index is 14.1. The quantitative estimate of drug-likeness (QED) is 0.451. The topological polar surface area (TPSA) is 107 Å². The molecule has 0 bridgehead atoms. The number of benzene rings is 1. The van der Waals surface area contributed by atoms with E-state index < -0.39 is 35.8 Å². The maximum Gasteiger partial charge on any atom is 0.421 e. The minimum absolute atomic E-state index is 0.0322. The van der Waals surface area contributed by atoms with Crippen LogP contribution in [-0.4, -0.2) is 45.7 Å². The molecule has 0 aliphatic rings. The molecule has 160 valence electrons. The summed E-state index contributed by atoms with van der Waals surface area (Å²) < 4.78 is 60.3. The Balaban J connectivity index is 2.21. The van der Waals surface area contributed by atoms with Crippen molar-refractivity contribution in [1.29, 1.82) is 0 Å². The molecule has 3 aromatic rings. The lowest BCUT2D eigenvalue weighted by molar-refractivity contribution is -0.277. The highest BCUT2D eigenvalue weighted by molar-refractivity contribution is 5.91. The normalized spacial score (nSPS) is 14.9. The minimum Gasteiger partial charge on any atom is -0.481 e. The molecule has 0 aliphatic carbocycles. The number of H-pyrrole nitrogens is 1. The van der Waals surface area contributed by atoms with E-state index in [1.807, 2.05) is 0 Å². The van der Waals surface area contributed by atoms with Gasteiger partial charge in [0.25, 0.3) is 0 Å². The highest BCUT2D eigenvalue weighted by Crippen LogP contribution is 2.42. The minimum atomic E-state index is -5.26. The van der Waals surface area contributed by atoms with Crippen LogP contribution in [0.1, 0.15) is 11.6 Å². The molecule has 3 rings (SSSR count). The second-order valence-electron chi connectivity index (χ2n) is 6.53. The number of aromatic amines is 1. The second kappa shape index (κ2) is 7.92. The first-order chi connectivity index (χ1) is 14.1. The monoisotopic (exact) mass is 427 g/mol. The fraction of sp³-hybridized carbons (Fsp3) is 0.263. The molecule has 30 heavy (non-hydrogen) atoms. The second-order valence-corrected chi connectivity index (χ2v) is 6.53. The van der Waals surface area contributed by atoms with E-state index in [1.54, 1.807) is 0 Å². The predicted octanol–water partition coefficient (Wildman–Crippen LogP) is 2.51. The van der Waals surface area contributed by atoms with E-state index in [-0.39, 0.29) is 28.0 Å². The number of anilines is 1. The zero-order valence-electron chi connectivity index (χ0n) is 15.5. The third kappa shape index (κ3) is 3.94. The number of hydrogen-bond acceptors (Lipinski definition) is 6. The number of halogens is 4. The van der Waals surface area contributed by atoms with E-state index in [0.29, 0.717) is 0 Å². The number of nitrogens with one attached hydrogen (secondary N) is 2. The molecule has 0 saturated heterocycles. The van der Waals surface area contributed by atoms with Crippen LogP contribution in [0.15, 0.2) is 47.4 Å². The van der Waals surface area contributed by atoms with Crippen molar-refractivity contribution in [3.8, 4) is 5.88 Å². The van der Waals surface area contributed by atoms with E-state index in [1.165, 1.54) is 19.2 Å². The summed E-state index contributed by atoms with van der Waals surface area (Å²) in [5.74, 6) is -0.868. The molecular weight excluding hydrogens is 410 g/mol. The first-order valence-corrected chi connectivity index (χ1v) is 8.58. The van der Waals surface area contributed by atoms with Crippen LogP contribution in [0.3, 0.4) is 0 Å². The molecule has 0 amide bonds. The molecule has 2 unspecified atom stereocenters. The van der Waals surface area contributed by atoms with Gasteiger partial charge < -0.3 is 25.3 Å². The Labute approximate surface area is 167 Å². The number of aromatic nitrogens is 2. The Morgan fingerprint density at radius 2 is 1.97 bits per heavy atom. The summed E-state index contributed by atoms with van der Waals surface area (Å²) in [7, 11) is 1.26. The van der Waals surface area contributed by atoms with Crippen molar-refractivity contribution in [2.45, 2.75) is 17.8 Å². The molecule has 0 aliphatic heterocycles. The van der Waals surface area contributed by atoms with Crippen LogP contribution in [0.2, 0.25) is 0 Å². The van der Waals surface area contributed by atoms with Crippen molar-refractivity contribution in [3.05, 3.63) is 64.3 Å². The summed E-state index contributed by atoms with van der Waals surface area (Å²) in [6, 6.07) is 4.71. The van der Waals surface area contributed by atoms with E-state index in [0.717, 1.165) is 30.5 Å². The van der Waals surface area contributed by atoms with Gasteiger partial charge in [0, 0.05) is 29.4 Å². The van der Waals surface area contributed by atoms with Gasteiger partial charge in [-0.2, -0.15) is 13.2 Å². The van der Waals surface area contributed by atoms with Crippen molar-refractivity contribution < 1.29 is 32.5 Å². The molecule has 7 nitrogen and oxygen atoms in total. The van der Waals surface area contributed by atoms with Gasteiger partial charge in [-0.1, -0.05) is 0 Å². The number of pyridine rings is 2. The fourth-order valence-corrected chi connectivity index (χ4v) is 3.05. The molecule has 0 fully saturated rings. The smallest absolute Gasteiger partial charge is 0.421 e. The largest absolute Gasteiger partial charge is 0.481 e. The lowest BCUT2D eigenvalue weighted by Gasteiger charge is -2.37. The third-order valence-electron chi connectivity index (χ3n) is 4.61. The van der Waals surface area contributed by atoms with E-state index >= 15 is 0 Å². The summed E-state index contributed by atoms with van der Waals surface area (Å²) in [5.41, 5.74) is -4.40. The summed E-state index contributed by atoms with van der Waals surface area (Å²) in [5, 5.41) is 22.6. The van der Waals surface area contributed by atoms with Crippen LogP contribution >= 0.6 is 0 Å². The molecule has 2 aromatic heterocycles. The van der Waals surface area contributed by atoms with E-state index in [2.05, 4.69) is 15.3 Å². The highest BCUT2D eigenvalue weighted by atomic mass is 19.4. The van der Waals surface area contributed by atoms with Gasteiger partial charge in [-0.25, -0.2) is 9.37 Å². The fourth-order valence-electron chi connectivity index (χ4n) is 3.05. The third-order valence-corrected chi connectivity index (χ3v) is 4.61. The van der Waals surface area contributed by atoms with Crippen LogP contribution in [0.25, 0.3) is 10.9 Å². The van der Waals surface area contributed by atoms with Gasteiger partial charge in [0.05, 0.1) is 25.3 Å². The lowest BCUT2D eigenvalue weighted by atomic mass is 9.88. The summed E-state index contributed by atoms with van der Waals surface area (Å²) in [4.78, 5) is 17.7. The van der Waals surface area contributed by atoms with Crippen molar-refractivity contribution in [3.63, 3.8) is 0 Å². The van der Waals surface area contributed by atoms with Crippen LogP contribution in [0.5, 0.6) is 5.88 Å². The van der Waals surface area contributed by atoms with Gasteiger partial charge in [0.2, 0.25) is 17.0 Å². The molecule has 1 aromatic carbocycles. The van der Waals surface area contributed by atoms with Crippen LogP contribution in [0, 0.1) is 5.82 Å². The molecule has 0 spiro atoms. The SMILES string of the molecule is COc1cc(C(Nc2cc(F)cc3[nH]c(=O)ccc23)C(O)(CO)C(F)(F)F)ccn1. The Bertz CT molecular complexity index is 1120. The van der Waals surface area contributed by atoms with Crippen molar-refractivity contribution >= 4 is 16.6 Å². The van der Waals surface area contributed by atoms with E-state index in [9.17, 15) is 32.6 Å². The van der Waals surface area contributed by atoms with Gasteiger partial charge in [0.1, 0.15) is 5.82 Å². The van der Waals surface area contributed by atoms with Crippen LogP contribution in [0.4, 0.5) is 23.2 Å². The van der Waals surface area contributed by atoms with Crippen molar-refractivity contribution in [1.82, 2.24) is 9.97 Å². The van der Waals surface area contributed by atoms with Gasteiger partial charge in [-0.3, -0.25) is 4.79 Å². The molecule has 0 saturated carbocycles. The van der Waals surface area contributed by atoms with Gasteiger partial charge in [-0.15, -0.1) is 0 Å². The number of nitrogens with zero attached hydrogens (tertiary/aromatic N) is 1.